The van der Waals surface area contributed by atoms with Gasteiger partial charge in [-0.05, 0) is 56.2 Å². The Balaban J connectivity index is 1.42. The Morgan fingerprint density at radius 1 is 1.03 bits per heavy atom. The summed E-state index contributed by atoms with van der Waals surface area (Å²) >= 11 is 0. The lowest BCUT2D eigenvalue weighted by Crippen LogP contribution is -2.22. The van der Waals surface area contributed by atoms with Crippen LogP contribution in [0.1, 0.15) is 50.6 Å². The van der Waals surface area contributed by atoms with Crippen LogP contribution in [-0.2, 0) is 6.42 Å². The molecule has 0 saturated carbocycles. The summed E-state index contributed by atoms with van der Waals surface area (Å²) in [5, 5.41) is 18.0. The van der Waals surface area contributed by atoms with E-state index in [1.54, 1.807) is 18.3 Å². The Bertz CT molecular complexity index is 1450. The van der Waals surface area contributed by atoms with Crippen molar-refractivity contribution in [1.82, 2.24) is 10.4 Å². The smallest absolute Gasteiger partial charge is 0.291 e. The number of nitrogens with one attached hydrogen (secondary N) is 2. The number of para-hydroxylation sites is 1. The summed E-state index contributed by atoms with van der Waals surface area (Å²) < 4.78 is 5.96. The average molecular weight is 454 g/mol. The van der Waals surface area contributed by atoms with Crippen molar-refractivity contribution >= 4 is 34.1 Å². The van der Waals surface area contributed by atoms with Crippen LogP contribution in [0.3, 0.4) is 0 Å². The maximum Gasteiger partial charge on any atom is 0.291 e. The van der Waals surface area contributed by atoms with Gasteiger partial charge in [0.05, 0.1) is 22.5 Å². The Morgan fingerprint density at radius 2 is 1.88 bits per heavy atom. The SMILES string of the molecule is Cc1c(C(=O)Nc2cccc3ncccc23)oc2c1/C(=N/NC(=O)c1ccccc1O)CCC2. The van der Waals surface area contributed by atoms with Crippen molar-refractivity contribution in [3.8, 4) is 5.75 Å². The fourth-order valence-electron chi connectivity index (χ4n) is 4.23. The summed E-state index contributed by atoms with van der Waals surface area (Å²) in [7, 11) is 0. The zero-order valence-electron chi connectivity index (χ0n) is 18.5. The quantitative estimate of drug-likeness (QED) is 0.391. The van der Waals surface area contributed by atoms with Crippen molar-refractivity contribution in [2.45, 2.75) is 26.2 Å². The van der Waals surface area contributed by atoms with Gasteiger partial charge in [0.15, 0.2) is 5.76 Å². The van der Waals surface area contributed by atoms with Gasteiger partial charge in [0, 0.05) is 29.1 Å². The van der Waals surface area contributed by atoms with E-state index < -0.39 is 5.91 Å². The van der Waals surface area contributed by atoms with Gasteiger partial charge < -0.3 is 14.8 Å². The number of amides is 2. The van der Waals surface area contributed by atoms with E-state index in [4.69, 9.17) is 4.42 Å². The minimum absolute atomic E-state index is 0.119. The number of aromatic nitrogens is 1. The number of carbonyl (C=O) groups excluding carboxylic acids is 2. The highest BCUT2D eigenvalue weighted by atomic mass is 16.4. The van der Waals surface area contributed by atoms with Gasteiger partial charge in [0.25, 0.3) is 11.8 Å². The third kappa shape index (κ3) is 3.90. The number of nitrogens with zero attached hydrogens (tertiary/aromatic N) is 2. The predicted octanol–water partition coefficient (Wildman–Crippen LogP) is 4.56. The van der Waals surface area contributed by atoms with Crippen LogP contribution in [0.2, 0.25) is 0 Å². The number of hydrazone groups is 1. The number of furan rings is 1. The molecule has 8 nitrogen and oxygen atoms in total. The average Bonchev–Trinajstić information content (AvgIpc) is 3.20. The summed E-state index contributed by atoms with van der Waals surface area (Å²) in [5.74, 6) is -0.106. The van der Waals surface area contributed by atoms with E-state index in [1.165, 1.54) is 12.1 Å². The maximum absolute atomic E-state index is 13.1. The van der Waals surface area contributed by atoms with Crippen molar-refractivity contribution in [2.24, 2.45) is 5.10 Å². The minimum atomic E-state index is -0.513. The molecule has 2 aromatic heterocycles. The van der Waals surface area contributed by atoms with Crippen LogP contribution in [0, 0.1) is 6.92 Å². The molecule has 170 valence electrons. The van der Waals surface area contributed by atoms with Crippen LogP contribution in [0.5, 0.6) is 5.75 Å². The van der Waals surface area contributed by atoms with Crippen LogP contribution in [0.4, 0.5) is 5.69 Å². The molecular formula is C26H22N4O4. The molecular weight excluding hydrogens is 432 g/mol. The van der Waals surface area contributed by atoms with Gasteiger partial charge in [-0.15, -0.1) is 0 Å². The van der Waals surface area contributed by atoms with Crippen LogP contribution < -0.4 is 10.7 Å². The number of benzene rings is 2. The molecule has 0 atom stereocenters. The van der Waals surface area contributed by atoms with Crippen LogP contribution in [0.25, 0.3) is 10.9 Å². The van der Waals surface area contributed by atoms with Gasteiger partial charge in [-0.1, -0.05) is 18.2 Å². The lowest BCUT2D eigenvalue weighted by atomic mass is 9.93. The molecule has 0 spiro atoms. The van der Waals surface area contributed by atoms with Gasteiger partial charge in [-0.3, -0.25) is 14.6 Å². The topological polar surface area (TPSA) is 117 Å². The molecule has 0 aliphatic heterocycles. The van der Waals surface area contributed by atoms with Gasteiger partial charge in [0.1, 0.15) is 11.5 Å². The molecule has 1 aliphatic carbocycles. The summed E-state index contributed by atoms with van der Waals surface area (Å²) in [6.07, 6.45) is 3.79. The molecule has 0 fully saturated rings. The molecule has 0 bridgehead atoms. The van der Waals surface area contributed by atoms with E-state index >= 15 is 0 Å². The molecule has 0 saturated heterocycles. The van der Waals surface area contributed by atoms with Crippen molar-refractivity contribution in [3.05, 3.63) is 89.0 Å². The summed E-state index contributed by atoms with van der Waals surface area (Å²) in [6, 6.07) is 15.5. The standard InChI is InChI=1S/C26H22N4O4/c1-15-23-20(29-30-25(32)17-7-2-3-12-21(17)31)11-5-13-22(23)34-24(15)26(33)28-19-10-4-9-18-16(19)8-6-14-27-18/h2-4,6-10,12,14,31H,5,11,13H2,1H3,(H,28,33)(H,30,32)/b29-20+. The monoisotopic (exact) mass is 454 g/mol. The molecule has 3 N–H and O–H groups in total. The lowest BCUT2D eigenvalue weighted by Gasteiger charge is -2.13. The molecule has 1 aliphatic rings. The molecule has 2 aromatic carbocycles. The van der Waals surface area contributed by atoms with Crippen molar-refractivity contribution in [2.75, 3.05) is 5.32 Å². The van der Waals surface area contributed by atoms with E-state index in [0.717, 1.165) is 22.9 Å². The summed E-state index contributed by atoms with van der Waals surface area (Å²) in [6.45, 7) is 1.81. The highest BCUT2D eigenvalue weighted by molar-refractivity contribution is 6.11. The first-order valence-corrected chi connectivity index (χ1v) is 11.0. The summed E-state index contributed by atoms with van der Waals surface area (Å²) in [4.78, 5) is 29.9. The molecule has 5 rings (SSSR count). The number of carbonyl (C=O) groups is 2. The second-order valence-electron chi connectivity index (χ2n) is 8.05. The highest BCUT2D eigenvalue weighted by Crippen LogP contribution is 2.31. The Morgan fingerprint density at radius 3 is 2.74 bits per heavy atom. The number of rotatable bonds is 4. The zero-order chi connectivity index (χ0) is 23.7. The number of phenolic OH excluding ortho intramolecular Hbond substituents is 1. The van der Waals surface area contributed by atoms with Gasteiger partial charge in [-0.25, -0.2) is 5.43 Å². The number of aromatic hydroxyl groups is 1. The number of hydrogen-bond acceptors (Lipinski definition) is 6. The van der Waals surface area contributed by atoms with Crippen molar-refractivity contribution in [3.63, 3.8) is 0 Å². The molecule has 8 heteroatoms. The first-order valence-electron chi connectivity index (χ1n) is 11.0. The van der Waals surface area contributed by atoms with Gasteiger partial charge in [0.2, 0.25) is 0 Å². The Kier molecular flexibility index (Phi) is 5.55. The number of phenols is 1. The fourth-order valence-corrected chi connectivity index (χ4v) is 4.23. The lowest BCUT2D eigenvalue weighted by molar-refractivity contribution is 0.0950. The van der Waals surface area contributed by atoms with Crippen molar-refractivity contribution < 1.29 is 19.1 Å². The maximum atomic E-state index is 13.1. The summed E-state index contributed by atoms with van der Waals surface area (Å²) in [5.41, 5.74) is 6.13. The predicted molar refractivity (Wildman–Crippen MR) is 128 cm³/mol. The molecule has 34 heavy (non-hydrogen) atoms. The number of fused-ring (bicyclic) bond motifs is 2. The zero-order valence-corrected chi connectivity index (χ0v) is 18.5. The number of pyridine rings is 1. The van der Waals surface area contributed by atoms with E-state index in [2.05, 4.69) is 20.8 Å². The Labute approximate surface area is 195 Å². The third-order valence-electron chi connectivity index (χ3n) is 5.87. The first-order chi connectivity index (χ1) is 16.5. The minimum Gasteiger partial charge on any atom is -0.507 e. The molecule has 0 radical (unpaired) electrons. The fraction of sp³-hybridized carbons (Fsp3) is 0.154. The third-order valence-corrected chi connectivity index (χ3v) is 5.87. The highest BCUT2D eigenvalue weighted by Gasteiger charge is 2.28. The van der Waals surface area contributed by atoms with E-state index in [0.29, 0.717) is 35.6 Å². The van der Waals surface area contributed by atoms with Crippen LogP contribution in [0.15, 0.2) is 70.3 Å². The second-order valence-corrected chi connectivity index (χ2v) is 8.05. The number of aryl methyl sites for hydroxylation is 1. The Hall–Kier alpha value is -4.46. The van der Waals surface area contributed by atoms with Crippen molar-refractivity contribution in [1.29, 1.82) is 0 Å². The largest absolute Gasteiger partial charge is 0.507 e. The molecule has 2 amide bonds. The first kappa shape index (κ1) is 21.4. The molecule has 0 unspecified atom stereocenters. The van der Waals surface area contributed by atoms with Crippen LogP contribution in [-0.4, -0.2) is 27.6 Å². The molecule has 4 aromatic rings. The number of anilines is 1. The van der Waals surface area contributed by atoms with Gasteiger partial charge in [-0.2, -0.15) is 5.10 Å². The van der Waals surface area contributed by atoms with Crippen LogP contribution >= 0.6 is 0 Å². The second kappa shape index (κ2) is 8.82. The van der Waals surface area contributed by atoms with E-state index in [9.17, 15) is 14.7 Å². The molecule has 2 heterocycles. The van der Waals surface area contributed by atoms with E-state index in [1.807, 2.05) is 37.3 Å². The van der Waals surface area contributed by atoms with Gasteiger partial charge >= 0.3 is 0 Å². The normalized spacial score (nSPS) is 14.1. The number of hydrogen-bond donors (Lipinski definition) is 3. The van der Waals surface area contributed by atoms with E-state index in [-0.39, 0.29) is 23.0 Å².